The lowest BCUT2D eigenvalue weighted by Crippen LogP contribution is -2.41. The third kappa shape index (κ3) is 2.27. The zero-order valence-electron chi connectivity index (χ0n) is 9.12. The highest BCUT2D eigenvalue weighted by atomic mass is 15.0. The fourth-order valence-corrected chi connectivity index (χ4v) is 2.13. The van der Waals surface area contributed by atoms with Crippen molar-refractivity contribution in [1.82, 2.24) is 4.98 Å². The Hall–Kier alpha value is -1.56. The van der Waals surface area contributed by atoms with Crippen molar-refractivity contribution in [2.45, 2.75) is 32.7 Å². The molecule has 1 aromatic heterocycles. The summed E-state index contributed by atoms with van der Waals surface area (Å²) in [4.78, 5) is 4.19. The van der Waals surface area contributed by atoms with E-state index in [1.165, 1.54) is 12.8 Å². The minimum atomic E-state index is 0.476. The fourth-order valence-electron chi connectivity index (χ4n) is 2.13. The van der Waals surface area contributed by atoms with Crippen LogP contribution in [0.15, 0.2) is 18.3 Å². The van der Waals surface area contributed by atoms with Crippen LogP contribution in [0.3, 0.4) is 0 Å². The zero-order valence-corrected chi connectivity index (χ0v) is 9.12. The Morgan fingerprint density at radius 2 is 2.20 bits per heavy atom. The van der Waals surface area contributed by atoms with E-state index >= 15 is 0 Å². The van der Waals surface area contributed by atoms with Crippen LogP contribution in [0.5, 0.6) is 0 Å². The third-order valence-corrected chi connectivity index (χ3v) is 2.84. The molecule has 1 fully saturated rings. The van der Waals surface area contributed by atoms with Crippen LogP contribution < -0.4 is 5.32 Å². The molecule has 0 atom stereocenters. The van der Waals surface area contributed by atoms with Crippen molar-refractivity contribution in [1.29, 1.82) is 5.26 Å². The van der Waals surface area contributed by atoms with Crippen molar-refractivity contribution in [2.75, 3.05) is 5.32 Å². The molecule has 78 valence electrons. The quantitative estimate of drug-likeness (QED) is 0.800. The van der Waals surface area contributed by atoms with Crippen LogP contribution in [0.4, 0.5) is 5.82 Å². The van der Waals surface area contributed by atoms with E-state index in [1.54, 1.807) is 12.3 Å². The number of nitrogens with one attached hydrogen (secondary N) is 1. The van der Waals surface area contributed by atoms with Gasteiger partial charge in [-0.05, 0) is 30.4 Å². The van der Waals surface area contributed by atoms with Crippen molar-refractivity contribution < 1.29 is 0 Å². The number of pyridine rings is 1. The summed E-state index contributed by atoms with van der Waals surface area (Å²) in [5.74, 6) is 0.870. The molecule has 3 heteroatoms. The third-order valence-electron chi connectivity index (χ3n) is 2.84. The van der Waals surface area contributed by atoms with Gasteiger partial charge in [0.2, 0.25) is 0 Å². The van der Waals surface area contributed by atoms with Crippen LogP contribution in [0.1, 0.15) is 32.3 Å². The zero-order chi connectivity index (χ0) is 10.9. The highest BCUT2D eigenvalue weighted by Gasteiger charge is 2.35. The molecule has 1 aromatic rings. The molecule has 0 radical (unpaired) electrons. The van der Waals surface area contributed by atoms with Crippen LogP contribution in [-0.4, -0.2) is 11.0 Å². The Kier molecular flexibility index (Phi) is 2.36. The van der Waals surface area contributed by atoms with Crippen LogP contribution in [0.25, 0.3) is 0 Å². The van der Waals surface area contributed by atoms with Gasteiger partial charge in [-0.25, -0.2) is 4.98 Å². The lowest BCUT2D eigenvalue weighted by atomic mass is 9.68. The van der Waals surface area contributed by atoms with Crippen molar-refractivity contribution in [3.05, 3.63) is 23.9 Å². The first-order valence-electron chi connectivity index (χ1n) is 5.22. The second-order valence-corrected chi connectivity index (χ2v) is 4.96. The van der Waals surface area contributed by atoms with Gasteiger partial charge in [0.1, 0.15) is 11.9 Å². The first-order valence-corrected chi connectivity index (χ1v) is 5.22. The highest BCUT2D eigenvalue weighted by Crippen LogP contribution is 2.41. The lowest BCUT2D eigenvalue weighted by molar-refractivity contribution is 0.167. The standard InChI is InChI=1S/C12H15N3/c1-12(2)5-10(6-12)15-11-4-3-9(7-13)8-14-11/h3-4,8,10H,5-6H2,1-2H3,(H,14,15). The SMILES string of the molecule is CC1(C)CC(Nc2ccc(C#N)cn2)C1. The largest absolute Gasteiger partial charge is 0.367 e. The molecule has 1 aliphatic carbocycles. The van der Waals surface area contributed by atoms with E-state index in [9.17, 15) is 0 Å². The van der Waals surface area contributed by atoms with E-state index in [2.05, 4.69) is 30.2 Å². The van der Waals surface area contributed by atoms with Crippen LogP contribution in [-0.2, 0) is 0 Å². The first-order chi connectivity index (χ1) is 7.09. The number of nitrogens with zero attached hydrogens (tertiary/aromatic N) is 2. The summed E-state index contributed by atoms with van der Waals surface area (Å²) in [6.07, 6.45) is 3.98. The van der Waals surface area contributed by atoms with Gasteiger partial charge < -0.3 is 5.32 Å². The van der Waals surface area contributed by atoms with E-state index < -0.39 is 0 Å². The molecule has 1 saturated carbocycles. The van der Waals surface area contributed by atoms with Crippen molar-refractivity contribution >= 4 is 5.82 Å². The maximum absolute atomic E-state index is 8.63. The maximum atomic E-state index is 8.63. The summed E-state index contributed by atoms with van der Waals surface area (Å²) < 4.78 is 0. The smallest absolute Gasteiger partial charge is 0.126 e. The molecule has 0 aliphatic heterocycles. The van der Waals surface area contributed by atoms with Gasteiger partial charge in [-0.2, -0.15) is 5.26 Å². The van der Waals surface area contributed by atoms with E-state index in [0.29, 0.717) is 17.0 Å². The maximum Gasteiger partial charge on any atom is 0.126 e. The Balaban J connectivity index is 1.93. The molecule has 2 rings (SSSR count). The summed E-state index contributed by atoms with van der Waals surface area (Å²) in [6.45, 7) is 4.55. The lowest BCUT2D eigenvalue weighted by Gasteiger charge is -2.43. The van der Waals surface area contributed by atoms with Crippen LogP contribution >= 0.6 is 0 Å². The number of rotatable bonds is 2. The number of anilines is 1. The average molecular weight is 201 g/mol. The number of aromatic nitrogens is 1. The van der Waals surface area contributed by atoms with Gasteiger partial charge >= 0.3 is 0 Å². The van der Waals surface area contributed by atoms with Crippen LogP contribution in [0, 0.1) is 16.7 Å². The fraction of sp³-hybridized carbons (Fsp3) is 0.500. The molecule has 0 spiro atoms. The monoisotopic (exact) mass is 201 g/mol. The summed E-state index contributed by atoms with van der Waals surface area (Å²) in [5.41, 5.74) is 1.08. The van der Waals surface area contributed by atoms with Gasteiger partial charge in [0, 0.05) is 12.2 Å². The average Bonchev–Trinajstić information content (AvgIpc) is 2.16. The summed E-state index contributed by atoms with van der Waals surface area (Å²) in [5, 5.41) is 12.0. The molecule has 1 aliphatic rings. The summed E-state index contributed by atoms with van der Waals surface area (Å²) in [6, 6.07) is 6.26. The minimum Gasteiger partial charge on any atom is -0.367 e. The molecule has 3 nitrogen and oxygen atoms in total. The molecule has 0 amide bonds. The molecular weight excluding hydrogens is 186 g/mol. The molecule has 1 N–H and O–H groups in total. The Morgan fingerprint density at radius 3 is 2.67 bits per heavy atom. The topological polar surface area (TPSA) is 48.7 Å². The predicted octanol–water partition coefficient (Wildman–Crippen LogP) is 2.55. The number of nitriles is 1. The van der Waals surface area contributed by atoms with Crippen molar-refractivity contribution in [3.8, 4) is 6.07 Å². The predicted molar refractivity (Wildman–Crippen MR) is 59.4 cm³/mol. The number of hydrogen-bond acceptors (Lipinski definition) is 3. The molecule has 15 heavy (non-hydrogen) atoms. The van der Waals surface area contributed by atoms with Gasteiger partial charge in [0.25, 0.3) is 0 Å². The second kappa shape index (κ2) is 3.54. The van der Waals surface area contributed by atoms with Gasteiger partial charge in [0.15, 0.2) is 0 Å². The summed E-state index contributed by atoms with van der Waals surface area (Å²) in [7, 11) is 0. The van der Waals surface area contributed by atoms with Gasteiger partial charge in [0.05, 0.1) is 5.56 Å². The first kappa shape index (κ1) is 9.97. The Bertz CT molecular complexity index is 378. The molecule has 0 bridgehead atoms. The van der Waals surface area contributed by atoms with E-state index in [-0.39, 0.29) is 0 Å². The molecule has 1 heterocycles. The van der Waals surface area contributed by atoms with Gasteiger partial charge in [-0.3, -0.25) is 0 Å². The van der Waals surface area contributed by atoms with E-state index in [0.717, 1.165) is 5.82 Å². The number of hydrogen-bond donors (Lipinski definition) is 1. The summed E-state index contributed by atoms with van der Waals surface area (Å²) >= 11 is 0. The molecule has 0 unspecified atom stereocenters. The van der Waals surface area contributed by atoms with E-state index in [4.69, 9.17) is 5.26 Å². The second-order valence-electron chi connectivity index (χ2n) is 4.96. The molecule has 0 aromatic carbocycles. The molecule has 0 saturated heterocycles. The normalized spacial score (nSPS) is 19.0. The van der Waals surface area contributed by atoms with E-state index in [1.807, 2.05) is 6.07 Å². The van der Waals surface area contributed by atoms with Crippen molar-refractivity contribution in [3.63, 3.8) is 0 Å². The Labute approximate surface area is 90.1 Å². The van der Waals surface area contributed by atoms with Crippen molar-refractivity contribution in [2.24, 2.45) is 5.41 Å². The van der Waals surface area contributed by atoms with Gasteiger partial charge in [-0.1, -0.05) is 13.8 Å². The highest BCUT2D eigenvalue weighted by molar-refractivity contribution is 5.40. The molecular formula is C12H15N3. The Morgan fingerprint density at radius 1 is 1.47 bits per heavy atom. The van der Waals surface area contributed by atoms with Crippen LogP contribution in [0.2, 0.25) is 0 Å². The minimum absolute atomic E-state index is 0.476. The van der Waals surface area contributed by atoms with Gasteiger partial charge in [-0.15, -0.1) is 0 Å².